The minimum absolute atomic E-state index is 0.0531. The van der Waals surface area contributed by atoms with Gasteiger partial charge in [0, 0.05) is 6.54 Å². The van der Waals surface area contributed by atoms with Crippen molar-refractivity contribution in [3.05, 3.63) is 29.8 Å². The normalized spacial score (nSPS) is 12.3. The molecule has 0 fully saturated rings. The van der Waals surface area contributed by atoms with E-state index in [1.54, 1.807) is 13.8 Å². The molecule has 30 heavy (non-hydrogen) atoms. The number of esters is 2. The average Bonchev–Trinajstić information content (AvgIpc) is 2.64. The summed E-state index contributed by atoms with van der Waals surface area (Å²) < 4.78 is 74.0. The Morgan fingerprint density at radius 2 is 1.67 bits per heavy atom. The maximum Gasteiger partial charge on any atom is 0.401 e. The van der Waals surface area contributed by atoms with Crippen molar-refractivity contribution in [3.8, 4) is 5.75 Å². The van der Waals surface area contributed by atoms with Crippen molar-refractivity contribution in [1.82, 2.24) is 5.32 Å². The number of ether oxygens (including phenoxy) is 2. The first-order valence-electron chi connectivity index (χ1n) is 8.90. The standard InChI is InChI=1S/C18H24F3NO7S/c1-4-17(2,3)16(24)28-12-27-15(23)13-5-7-14(8-6-13)29-30(25,26)10-9-22-11-18(19,20)21/h5-8,22H,4,9-12H2,1-3H3. The molecule has 1 aromatic rings. The summed E-state index contributed by atoms with van der Waals surface area (Å²) in [6, 6.07) is 4.83. The van der Waals surface area contributed by atoms with E-state index in [-0.39, 0.29) is 11.3 Å². The first-order chi connectivity index (χ1) is 13.8. The third-order valence-electron chi connectivity index (χ3n) is 3.98. The zero-order valence-corrected chi connectivity index (χ0v) is 17.6. The predicted octanol–water partition coefficient (Wildman–Crippen LogP) is 2.64. The molecule has 12 heteroatoms. The molecule has 0 aliphatic rings. The molecule has 0 aliphatic heterocycles. The van der Waals surface area contributed by atoms with Gasteiger partial charge in [-0.25, -0.2) is 4.79 Å². The van der Waals surface area contributed by atoms with E-state index in [2.05, 4.69) is 0 Å². The number of carbonyl (C=O) groups is 2. The highest BCUT2D eigenvalue weighted by atomic mass is 32.2. The van der Waals surface area contributed by atoms with Gasteiger partial charge in [0.2, 0.25) is 6.79 Å². The fraction of sp³-hybridized carbons (Fsp3) is 0.556. The van der Waals surface area contributed by atoms with Crippen LogP contribution in [0.4, 0.5) is 13.2 Å². The van der Waals surface area contributed by atoms with Crippen LogP contribution in [0, 0.1) is 5.41 Å². The Kier molecular flexibility index (Phi) is 9.09. The Labute approximate surface area is 172 Å². The average molecular weight is 455 g/mol. The van der Waals surface area contributed by atoms with Crippen molar-refractivity contribution in [2.24, 2.45) is 5.41 Å². The number of halogens is 3. The molecule has 1 rings (SSSR count). The van der Waals surface area contributed by atoms with Crippen LogP contribution in [0.25, 0.3) is 0 Å². The first-order valence-corrected chi connectivity index (χ1v) is 10.5. The summed E-state index contributed by atoms with van der Waals surface area (Å²) in [4.78, 5) is 23.7. The summed E-state index contributed by atoms with van der Waals surface area (Å²) in [5.41, 5.74) is -0.656. The Morgan fingerprint density at radius 1 is 1.07 bits per heavy atom. The largest absolute Gasteiger partial charge is 0.427 e. The quantitative estimate of drug-likeness (QED) is 0.235. The van der Waals surface area contributed by atoms with Crippen LogP contribution >= 0.6 is 0 Å². The van der Waals surface area contributed by atoms with Gasteiger partial charge >= 0.3 is 28.2 Å². The maximum atomic E-state index is 12.0. The monoisotopic (exact) mass is 455 g/mol. The van der Waals surface area contributed by atoms with Crippen LogP contribution in [-0.2, 0) is 24.4 Å². The zero-order valence-electron chi connectivity index (χ0n) is 16.7. The molecule has 0 radical (unpaired) electrons. The molecule has 1 N–H and O–H groups in total. The fourth-order valence-corrected chi connectivity index (χ4v) is 2.70. The summed E-state index contributed by atoms with van der Waals surface area (Å²) in [6.07, 6.45) is -3.90. The van der Waals surface area contributed by atoms with Crippen molar-refractivity contribution >= 4 is 22.1 Å². The van der Waals surface area contributed by atoms with Crippen LogP contribution in [-0.4, -0.2) is 52.2 Å². The Hall–Kier alpha value is -2.34. The SMILES string of the molecule is CCC(C)(C)C(=O)OCOC(=O)c1ccc(OS(=O)(=O)CCNCC(F)(F)F)cc1. The van der Waals surface area contributed by atoms with Gasteiger partial charge in [0.25, 0.3) is 0 Å². The number of benzene rings is 1. The molecule has 0 spiro atoms. The lowest BCUT2D eigenvalue weighted by molar-refractivity contribution is -0.162. The molecule has 0 amide bonds. The molecule has 0 bridgehead atoms. The van der Waals surface area contributed by atoms with Crippen molar-refractivity contribution in [3.63, 3.8) is 0 Å². The number of carbonyl (C=O) groups excluding carboxylic acids is 2. The molecule has 0 unspecified atom stereocenters. The Morgan fingerprint density at radius 3 is 2.20 bits per heavy atom. The van der Waals surface area contributed by atoms with Crippen LogP contribution in [0.5, 0.6) is 5.75 Å². The number of alkyl halides is 3. The number of nitrogens with one attached hydrogen (secondary N) is 1. The van der Waals surface area contributed by atoms with E-state index < -0.39 is 59.3 Å². The van der Waals surface area contributed by atoms with Gasteiger partial charge in [-0.05, 0) is 44.5 Å². The first kappa shape index (κ1) is 25.7. The minimum atomic E-state index is -4.44. The molecule has 0 heterocycles. The van der Waals surface area contributed by atoms with E-state index in [1.165, 1.54) is 24.3 Å². The van der Waals surface area contributed by atoms with E-state index in [0.29, 0.717) is 6.42 Å². The van der Waals surface area contributed by atoms with Gasteiger partial charge in [0.15, 0.2) is 0 Å². The highest BCUT2D eigenvalue weighted by molar-refractivity contribution is 7.87. The van der Waals surface area contributed by atoms with Gasteiger partial charge < -0.3 is 19.0 Å². The van der Waals surface area contributed by atoms with E-state index >= 15 is 0 Å². The number of rotatable bonds is 11. The Bertz CT molecular complexity index is 821. The molecule has 8 nitrogen and oxygen atoms in total. The van der Waals surface area contributed by atoms with Gasteiger partial charge in [-0.3, -0.25) is 4.79 Å². The van der Waals surface area contributed by atoms with Crippen LogP contribution < -0.4 is 9.50 Å². The van der Waals surface area contributed by atoms with Crippen LogP contribution in [0.2, 0.25) is 0 Å². The zero-order chi connectivity index (χ0) is 23.0. The summed E-state index contributed by atoms with van der Waals surface area (Å²) in [5.74, 6) is -2.12. The molecular formula is C18H24F3NO7S. The summed E-state index contributed by atoms with van der Waals surface area (Å²) in [5, 5.41) is 1.95. The summed E-state index contributed by atoms with van der Waals surface area (Å²) in [6.45, 7) is 2.87. The lowest BCUT2D eigenvalue weighted by Crippen LogP contribution is -2.33. The van der Waals surface area contributed by atoms with Gasteiger partial charge in [0.05, 0.1) is 23.3 Å². The smallest absolute Gasteiger partial charge is 0.401 e. The topological polar surface area (TPSA) is 108 Å². The molecule has 170 valence electrons. The third kappa shape index (κ3) is 9.44. The lowest BCUT2D eigenvalue weighted by atomic mass is 9.91. The highest BCUT2D eigenvalue weighted by Gasteiger charge is 2.28. The van der Waals surface area contributed by atoms with Crippen molar-refractivity contribution in [2.45, 2.75) is 33.4 Å². The Balaban J connectivity index is 2.50. The van der Waals surface area contributed by atoms with Crippen LogP contribution in [0.15, 0.2) is 24.3 Å². The number of hydrogen-bond acceptors (Lipinski definition) is 8. The molecule has 0 saturated carbocycles. The third-order valence-corrected chi connectivity index (χ3v) is 5.13. The highest BCUT2D eigenvalue weighted by Crippen LogP contribution is 2.21. The maximum absolute atomic E-state index is 12.0. The second-order valence-corrected chi connectivity index (χ2v) is 8.57. The van der Waals surface area contributed by atoms with Crippen LogP contribution in [0.1, 0.15) is 37.6 Å². The lowest BCUT2D eigenvalue weighted by Gasteiger charge is -2.19. The van der Waals surface area contributed by atoms with Crippen LogP contribution in [0.3, 0.4) is 0 Å². The van der Waals surface area contributed by atoms with Crippen molar-refractivity contribution in [2.75, 3.05) is 25.6 Å². The second kappa shape index (κ2) is 10.6. The fourth-order valence-electron chi connectivity index (χ4n) is 1.82. The summed E-state index contributed by atoms with van der Waals surface area (Å²) >= 11 is 0. The molecule has 0 saturated heterocycles. The second-order valence-electron chi connectivity index (χ2n) is 6.88. The van der Waals surface area contributed by atoms with E-state index in [4.69, 9.17) is 13.7 Å². The van der Waals surface area contributed by atoms with Gasteiger partial charge in [-0.2, -0.15) is 21.6 Å². The summed E-state index contributed by atoms with van der Waals surface area (Å²) in [7, 11) is -4.13. The predicted molar refractivity (Wildman–Crippen MR) is 100 cm³/mol. The van der Waals surface area contributed by atoms with E-state index in [9.17, 15) is 31.2 Å². The molecule has 0 aliphatic carbocycles. The minimum Gasteiger partial charge on any atom is -0.427 e. The van der Waals surface area contributed by atoms with Crippen molar-refractivity contribution in [1.29, 1.82) is 0 Å². The van der Waals surface area contributed by atoms with Gasteiger partial charge in [-0.15, -0.1) is 0 Å². The molecular weight excluding hydrogens is 431 g/mol. The van der Waals surface area contributed by atoms with E-state index in [1.807, 2.05) is 12.2 Å². The van der Waals surface area contributed by atoms with Gasteiger partial charge in [0.1, 0.15) is 5.75 Å². The number of hydrogen-bond donors (Lipinski definition) is 1. The van der Waals surface area contributed by atoms with Gasteiger partial charge in [-0.1, -0.05) is 6.92 Å². The van der Waals surface area contributed by atoms with E-state index in [0.717, 1.165) is 0 Å². The molecule has 0 aromatic heterocycles. The molecule has 1 aromatic carbocycles. The molecule has 0 atom stereocenters. The van der Waals surface area contributed by atoms with Crippen molar-refractivity contribution < 1.29 is 44.8 Å².